The fourth-order valence-corrected chi connectivity index (χ4v) is 2.00. The summed E-state index contributed by atoms with van der Waals surface area (Å²) in [5.74, 6) is -0.444. The van der Waals surface area contributed by atoms with Gasteiger partial charge in [-0.3, -0.25) is 10.1 Å². The minimum Gasteiger partial charge on any atom is -0.468 e. The summed E-state index contributed by atoms with van der Waals surface area (Å²) in [6.45, 7) is 3.60. The molecular formula is C13H12Cl2N2O2. The Hall–Kier alpha value is -1.54. The Morgan fingerprint density at radius 3 is 2.79 bits per heavy atom. The molecule has 0 aliphatic rings. The summed E-state index contributed by atoms with van der Waals surface area (Å²) in [5.41, 5.74) is 0.870. The van der Waals surface area contributed by atoms with Crippen LogP contribution in [0.15, 0.2) is 30.4 Å². The number of methoxy groups -OCH3 is 1. The highest BCUT2D eigenvalue weighted by Gasteiger charge is 2.19. The normalized spacial score (nSPS) is 11.5. The van der Waals surface area contributed by atoms with Crippen molar-refractivity contribution in [1.82, 2.24) is 5.32 Å². The molecule has 0 aliphatic carbocycles. The Labute approximate surface area is 121 Å². The lowest BCUT2D eigenvalue weighted by atomic mass is 10.0. The van der Waals surface area contributed by atoms with E-state index in [1.165, 1.54) is 7.11 Å². The van der Waals surface area contributed by atoms with Crippen LogP contribution in [0.3, 0.4) is 0 Å². The summed E-state index contributed by atoms with van der Waals surface area (Å²) in [7, 11) is 1.29. The summed E-state index contributed by atoms with van der Waals surface area (Å²) >= 11 is 11.9. The number of nitrogens with one attached hydrogen (secondary N) is 1. The van der Waals surface area contributed by atoms with Gasteiger partial charge < -0.3 is 4.74 Å². The summed E-state index contributed by atoms with van der Waals surface area (Å²) < 4.78 is 4.53. The number of halogens is 2. The fourth-order valence-electron chi connectivity index (χ4n) is 1.48. The van der Waals surface area contributed by atoms with Gasteiger partial charge in [0.25, 0.3) is 0 Å². The zero-order valence-electron chi connectivity index (χ0n) is 10.2. The highest BCUT2D eigenvalue weighted by Crippen LogP contribution is 2.29. The van der Waals surface area contributed by atoms with Gasteiger partial charge in [0.2, 0.25) is 0 Å². The van der Waals surface area contributed by atoms with Crippen molar-refractivity contribution in [3.05, 3.63) is 46.0 Å². The number of esters is 1. The van der Waals surface area contributed by atoms with Crippen LogP contribution in [0.5, 0.6) is 0 Å². The van der Waals surface area contributed by atoms with Crippen LogP contribution in [0.4, 0.5) is 0 Å². The van der Waals surface area contributed by atoms with Crippen molar-refractivity contribution in [3.63, 3.8) is 0 Å². The SMILES string of the molecule is C=C(C#N)C(NCC(=O)OC)c1ccc(Cl)cc1Cl. The lowest BCUT2D eigenvalue weighted by Crippen LogP contribution is -2.29. The Morgan fingerprint density at radius 1 is 1.58 bits per heavy atom. The molecule has 0 spiro atoms. The van der Waals surface area contributed by atoms with Crippen molar-refractivity contribution in [2.75, 3.05) is 13.7 Å². The molecule has 0 saturated heterocycles. The van der Waals surface area contributed by atoms with Crippen molar-refractivity contribution in [2.45, 2.75) is 6.04 Å². The second-order valence-electron chi connectivity index (χ2n) is 3.69. The second kappa shape index (κ2) is 7.15. The van der Waals surface area contributed by atoms with E-state index in [1.54, 1.807) is 18.2 Å². The van der Waals surface area contributed by atoms with Gasteiger partial charge in [0.1, 0.15) is 0 Å². The van der Waals surface area contributed by atoms with Crippen molar-refractivity contribution in [3.8, 4) is 6.07 Å². The van der Waals surface area contributed by atoms with Gasteiger partial charge in [0.05, 0.1) is 25.8 Å². The first-order valence-corrected chi connectivity index (χ1v) is 6.09. The molecule has 1 rings (SSSR count). The third-order valence-corrected chi connectivity index (χ3v) is 3.01. The van der Waals surface area contributed by atoms with Crippen LogP contribution in [0.2, 0.25) is 10.0 Å². The van der Waals surface area contributed by atoms with Gasteiger partial charge in [-0.1, -0.05) is 35.8 Å². The molecule has 0 saturated carbocycles. The van der Waals surface area contributed by atoms with Gasteiger partial charge in [0.15, 0.2) is 0 Å². The molecule has 0 heterocycles. The van der Waals surface area contributed by atoms with Crippen molar-refractivity contribution < 1.29 is 9.53 Å². The average Bonchev–Trinajstić information content (AvgIpc) is 2.40. The number of hydrogen-bond donors (Lipinski definition) is 1. The third kappa shape index (κ3) is 4.25. The lowest BCUT2D eigenvalue weighted by Gasteiger charge is -2.18. The number of hydrogen-bond acceptors (Lipinski definition) is 4. The topological polar surface area (TPSA) is 62.1 Å². The minimum absolute atomic E-state index is 0.0547. The first kappa shape index (κ1) is 15.5. The Morgan fingerprint density at radius 2 is 2.26 bits per heavy atom. The molecule has 0 aromatic heterocycles. The number of benzene rings is 1. The molecule has 0 radical (unpaired) electrons. The van der Waals surface area contributed by atoms with Crippen LogP contribution in [-0.4, -0.2) is 19.6 Å². The van der Waals surface area contributed by atoms with Gasteiger partial charge >= 0.3 is 5.97 Å². The van der Waals surface area contributed by atoms with Gasteiger partial charge in [-0.2, -0.15) is 5.26 Å². The molecule has 19 heavy (non-hydrogen) atoms. The molecule has 1 aromatic carbocycles. The van der Waals surface area contributed by atoms with Crippen LogP contribution >= 0.6 is 23.2 Å². The molecule has 1 N–H and O–H groups in total. The predicted octanol–water partition coefficient (Wildman–Crippen LogP) is 2.88. The first-order valence-electron chi connectivity index (χ1n) is 5.33. The standard InChI is InChI=1S/C13H12Cl2N2O2/c1-8(6-16)13(17-7-12(18)19-2)10-4-3-9(14)5-11(10)15/h3-5,13,17H,1,7H2,2H3. The molecule has 1 unspecified atom stereocenters. The van der Waals surface area contributed by atoms with Crippen molar-refractivity contribution >= 4 is 29.2 Å². The first-order chi connectivity index (χ1) is 8.99. The number of ether oxygens (including phenoxy) is 1. The van der Waals surface area contributed by atoms with E-state index in [-0.39, 0.29) is 12.1 Å². The zero-order valence-corrected chi connectivity index (χ0v) is 11.8. The van der Waals surface area contributed by atoms with Crippen LogP contribution in [-0.2, 0) is 9.53 Å². The van der Waals surface area contributed by atoms with Crippen LogP contribution in [0.1, 0.15) is 11.6 Å². The van der Waals surface area contributed by atoms with Gasteiger partial charge in [-0.15, -0.1) is 0 Å². The van der Waals surface area contributed by atoms with Crippen LogP contribution in [0, 0.1) is 11.3 Å². The van der Waals surface area contributed by atoms with Crippen molar-refractivity contribution in [2.24, 2.45) is 0 Å². The Kier molecular flexibility index (Phi) is 5.84. The summed E-state index contributed by atoms with van der Waals surface area (Å²) in [5, 5.41) is 12.7. The highest BCUT2D eigenvalue weighted by molar-refractivity contribution is 6.35. The Balaban J connectivity index is 3.00. The number of carbonyl (C=O) groups excluding carboxylic acids is 1. The minimum atomic E-state index is -0.561. The van der Waals surface area contributed by atoms with E-state index in [0.717, 1.165) is 0 Å². The number of nitriles is 1. The van der Waals surface area contributed by atoms with Crippen molar-refractivity contribution in [1.29, 1.82) is 5.26 Å². The smallest absolute Gasteiger partial charge is 0.319 e. The van der Waals surface area contributed by atoms with Gasteiger partial charge in [-0.25, -0.2) is 0 Å². The number of rotatable bonds is 5. The van der Waals surface area contributed by atoms with E-state index >= 15 is 0 Å². The van der Waals surface area contributed by atoms with E-state index < -0.39 is 12.0 Å². The second-order valence-corrected chi connectivity index (χ2v) is 4.54. The van der Waals surface area contributed by atoms with E-state index in [9.17, 15) is 4.79 Å². The molecule has 0 fully saturated rings. The number of carbonyl (C=O) groups is 1. The quantitative estimate of drug-likeness (QED) is 0.671. The molecule has 4 nitrogen and oxygen atoms in total. The summed E-state index contributed by atoms with van der Waals surface area (Å²) in [6.07, 6.45) is 0. The maximum Gasteiger partial charge on any atom is 0.319 e. The highest BCUT2D eigenvalue weighted by atomic mass is 35.5. The van der Waals surface area contributed by atoms with Crippen LogP contribution in [0.25, 0.3) is 0 Å². The summed E-state index contributed by atoms with van der Waals surface area (Å²) in [6, 6.07) is 6.29. The van der Waals surface area contributed by atoms with E-state index in [4.69, 9.17) is 28.5 Å². The molecule has 6 heteroatoms. The molecule has 0 bridgehead atoms. The van der Waals surface area contributed by atoms with E-state index in [0.29, 0.717) is 15.6 Å². The number of nitrogens with zero attached hydrogens (tertiary/aromatic N) is 1. The molecule has 0 aliphatic heterocycles. The van der Waals surface area contributed by atoms with Gasteiger partial charge in [-0.05, 0) is 17.7 Å². The summed E-state index contributed by atoms with van der Waals surface area (Å²) in [4.78, 5) is 11.1. The third-order valence-electron chi connectivity index (χ3n) is 2.44. The molecule has 100 valence electrons. The van der Waals surface area contributed by atoms with E-state index in [1.807, 2.05) is 6.07 Å². The molecule has 1 atom stereocenters. The fraction of sp³-hybridized carbons (Fsp3) is 0.231. The maximum atomic E-state index is 11.1. The Bertz CT molecular complexity index is 538. The van der Waals surface area contributed by atoms with E-state index in [2.05, 4.69) is 16.6 Å². The molecule has 0 amide bonds. The monoisotopic (exact) mass is 298 g/mol. The maximum absolute atomic E-state index is 11.1. The lowest BCUT2D eigenvalue weighted by molar-refractivity contribution is -0.139. The van der Waals surface area contributed by atoms with Crippen LogP contribution < -0.4 is 5.32 Å². The zero-order chi connectivity index (χ0) is 14.4. The average molecular weight is 299 g/mol. The predicted molar refractivity (Wildman–Crippen MR) is 74.0 cm³/mol. The largest absolute Gasteiger partial charge is 0.468 e. The molecule has 1 aromatic rings. The molecular weight excluding hydrogens is 287 g/mol. The van der Waals surface area contributed by atoms with Gasteiger partial charge in [0, 0.05) is 15.6 Å².